The minimum absolute atomic E-state index is 0.325. The highest BCUT2D eigenvalue weighted by molar-refractivity contribution is 9.11. The van der Waals surface area contributed by atoms with Crippen LogP contribution in [0.3, 0.4) is 0 Å². The summed E-state index contributed by atoms with van der Waals surface area (Å²) in [6.45, 7) is 0. The largest absolute Gasteiger partial charge is 0.294 e. The van der Waals surface area contributed by atoms with E-state index in [0.29, 0.717) is 10.9 Å². The summed E-state index contributed by atoms with van der Waals surface area (Å²) in [6, 6.07) is 11.6. The number of hydrogen-bond acceptors (Lipinski definition) is 1. The normalized spacial score (nSPS) is 11.2. The van der Waals surface area contributed by atoms with Crippen molar-refractivity contribution in [3.8, 4) is 5.69 Å². The molecule has 0 saturated heterocycles. The molecule has 20 heavy (non-hydrogen) atoms. The Morgan fingerprint density at radius 2 is 1.90 bits per heavy atom. The molecule has 0 aliphatic heterocycles. The Hall–Kier alpha value is -0.550. The zero-order valence-corrected chi connectivity index (χ0v) is 14.8. The minimum atomic E-state index is 0.325. The van der Waals surface area contributed by atoms with Gasteiger partial charge in [-0.05, 0) is 52.3 Å². The van der Waals surface area contributed by atoms with E-state index in [1.54, 1.807) is 0 Å². The Labute approximate surface area is 143 Å². The maximum absolute atomic E-state index is 6.04. The summed E-state index contributed by atoms with van der Waals surface area (Å²) in [7, 11) is 0. The van der Waals surface area contributed by atoms with Crippen molar-refractivity contribution in [1.29, 1.82) is 0 Å². The van der Waals surface area contributed by atoms with Crippen LogP contribution in [0.1, 0.15) is 5.82 Å². The van der Waals surface area contributed by atoms with Crippen molar-refractivity contribution < 1.29 is 0 Å². The molecule has 0 fully saturated rings. The van der Waals surface area contributed by atoms with Crippen LogP contribution in [0.25, 0.3) is 16.7 Å². The Balaban J connectivity index is 2.37. The fourth-order valence-corrected chi connectivity index (χ4v) is 3.24. The van der Waals surface area contributed by atoms with Crippen LogP contribution < -0.4 is 0 Å². The van der Waals surface area contributed by atoms with Crippen molar-refractivity contribution in [3.63, 3.8) is 0 Å². The Morgan fingerprint density at radius 3 is 2.65 bits per heavy atom. The molecular weight excluding hydrogens is 427 g/mol. The van der Waals surface area contributed by atoms with E-state index < -0.39 is 0 Å². The number of hydrogen-bond donors (Lipinski definition) is 0. The zero-order valence-electron chi connectivity index (χ0n) is 10.1. The lowest BCUT2D eigenvalue weighted by atomic mass is 10.3. The van der Waals surface area contributed by atoms with Crippen LogP contribution in [0.5, 0.6) is 0 Å². The van der Waals surface area contributed by atoms with E-state index in [1.165, 1.54) is 0 Å². The second-order valence-corrected chi connectivity index (χ2v) is 6.70. The van der Waals surface area contributed by atoms with Crippen LogP contribution in [0, 0.1) is 0 Å². The first-order valence-electron chi connectivity index (χ1n) is 5.78. The van der Waals surface area contributed by atoms with E-state index in [9.17, 15) is 0 Å². The van der Waals surface area contributed by atoms with Gasteiger partial charge in [-0.25, -0.2) is 4.98 Å². The lowest BCUT2D eigenvalue weighted by molar-refractivity contribution is 0.976. The Kier molecular flexibility index (Phi) is 4.09. The van der Waals surface area contributed by atoms with E-state index in [2.05, 4.69) is 36.8 Å². The van der Waals surface area contributed by atoms with E-state index in [1.807, 2.05) is 41.0 Å². The van der Waals surface area contributed by atoms with Crippen molar-refractivity contribution >= 4 is 66.1 Å². The lowest BCUT2D eigenvalue weighted by Gasteiger charge is -2.10. The molecule has 0 bridgehead atoms. The molecule has 0 N–H and O–H groups in total. The van der Waals surface area contributed by atoms with Gasteiger partial charge in [0.15, 0.2) is 0 Å². The number of alkyl halides is 1. The van der Waals surface area contributed by atoms with Crippen molar-refractivity contribution in [2.24, 2.45) is 0 Å². The molecule has 0 aliphatic carbocycles. The first kappa shape index (κ1) is 14.4. The number of imidazole rings is 1. The molecule has 0 amide bonds. The van der Waals surface area contributed by atoms with Crippen molar-refractivity contribution in [2.75, 3.05) is 0 Å². The topological polar surface area (TPSA) is 17.8 Å². The van der Waals surface area contributed by atoms with Gasteiger partial charge >= 0.3 is 0 Å². The van der Waals surface area contributed by atoms with E-state index in [-0.39, 0.29) is 0 Å². The quantitative estimate of drug-likeness (QED) is 0.456. The minimum Gasteiger partial charge on any atom is -0.294 e. The molecule has 6 heteroatoms. The average molecular weight is 435 g/mol. The van der Waals surface area contributed by atoms with Gasteiger partial charge in [-0.3, -0.25) is 4.57 Å². The zero-order chi connectivity index (χ0) is 14.3. The van der Waals surface area contributed by atoms with Gasteiger partial charge in [-0.1, -0.05) is 27.5 Å². The average Bonchev–Trinajstić information content (AvgIpc) is 2.78. The number of nitrogens with zero attached hydrogens (tertiary/aromatic N) is 2. The van der Waals surface area contributed by atoms with Gasteiger partial charge in [0.05, 0.1) is 22.6 Å². The molecule has 0 radical (unpaired) electrons. The van der Waals surface area contributed by atoms with Crippen LogP contribution >= 0.6 is 55.1 Å². The first-order chi connectivity index (χ1) is 9.60. The highest BCUT2D eigenvalue weighted by Crippen LogP contribution is 2.31. The summed E-state index contributed by atoms with van der Waals surface area (Å²) in [5, 5.41) is 0.664. The standard InChI is InChI=1S/C14H8Br2Cl2N2/c15-8-1-3-10(16)13(5-8)20-12-4-2-9(18)6-11(12)19-14(20)7-17/h1-6H,7H2. The summed E-state index contributed by atoms with van der Waals surface area (Å²) in [4.78, 5) is 4.55. The van der Waals surface area contributed by atoms with E-state index in [0.717, 1.165) is 31.5 Å². The van der Waals surface area contributed by atoms with Gasteiger partial charge in [0.2, 0.25) is 0 Å². The van der Waals surface area contributed by atoms with Crippen LogP contribution in [0.4, 0.5) is 0 Å². The third-order valence-corrected chi connectivity index (χ3v) is 4.59. The van der Waals surface area contributed by atoms with Crippen LogP contribution in [-0.4, -0.2) is 9.55 Å². The molecule has 0 unspecified atom stereocenters. The fourth-order valence-electron chi connectivity index (χ4n) is 2.12. The predicted octanol–water partition coefficient (Wildman–Crippen LogP) is 5.94. The lowest BCUT2D eigenvalue weighted by Crippen LogP contribution is -2.00. The summed E-state index contributed by atoms with van der Waals surface area (Å²) < 4.78 is 4.00. The summed E-state index contributed by atoms with van der Waals surface area (Å²) in [5.74, 6) is 1.10. The molecule has 1 aromatic heterocycles. The van der Waals surface area contributed by atoms with Crippen molar-refractivity contribution in [3.05, 3.63) is 56.2 Å². The van der Waals surface area contributed by atoms with Crippen LogP contribution in [0.15, 0.2) is 45.3 Å². The number of rotatable bonds is 2. The second kappa shape index (κ2) is 5.68. The Morgan fingerprint density at radius 1 is 1.10 bits per heavy atom. The van der Waals surface area contributed by atoms with E-state index in [4.69, 9.17) is 23.2 Å². The van der Waals surface area contributed by atoms with Gasteiger partial charge < -0.3 is 0 Å². The molecular formula is C14H8Br2Cl2N2. The molecule has 0 saturated carbocycles. The predicted molar refractivity (Wildman–Crippen MR) is 91.0 cm³/mol. The van der Waals surface area contributed by atoms with Gasteiger partial charge in [-0.15, -0.1) is 11.6 Å². The summed E-state index contributed by atoms with van der Waals surface area (Å²) >= 11 is 19.1. The number of aromatic nitrogens is 2. The highest BCUT2D eigenvalue weighted by Gasteiger charge is 2.14. The molecule has 102 valence electrons. The molecule has 0 atom stereocenters. The van der Waals surface area contributed by atoms with Gasteiger partial charge in [0.1, 0.15) is 5.82 Å². The fraction of sp³-hybridized carbons (Fsp3) is 0.0714. The highest BCUT2D eigenvalue weighted by atomic mass is 79.9. The Bertz CT molecular complexity index is 799. The molecule has 1 heterocycles. The number of fused-ring (bicyclic) bond motifs is 1. The number of benzene rings is 2. The summed E-state index contributed by atoms with van der Waals surface area (Å²) in [6.07, 6.45) is 0. The van der Waals surface area contributed by atoms with Gasteiger partial charge in [0, 0.05) is 14.0 Å². The smallest absolute Gasteiger partial charge is 0.129 e. The SMILES string of the molecule is ClCc1nc2cc(Cl)ccc2n1-c1cc(Br)ccc1Br. The molecule has 2 nitrogen and oxygen atoms in total. The molecule has 0 spiro atoms. The monoisotopic (exact) mass is 432 g/mol. The van der Waals surface area contributed by atoms with E-state index >= 15 is 0 Å². The number of halogens is 4. The molecule has 3 rings (SSSR count). The molecule has 3 aromatic rings. The maximum Gasteiger partial charge on any atom is 0.129 e. The third kappa shape index (κ3) is 2.50. The molecule has 0 aliphatic rings. The van der Waals surface area contributed by atoms with Crippen molar-refractivity contribution in [1.82, 2.24) is 9.55 Å². The van der Waals surface area contributed by atoms with Crippen LogP contribution in [-0.2, 0) is 5.88 Å². The first-order valence-corrected chi connectivity index (χ1v) is 8.28. The van der Waals surface area contributed by atoms with Crippen LogP contribution in [0.2, 0.25) is 5.02 Å². The third-order valence-electron chi connectivity index (χ3n) is 2.95. The summed E-state index contributed by atoms with van der Waals surface area (Å²) in [5.41, 5.74) is 2.80. The van der Waals surface area contributed by atoms with Gasteiger partial charge in [-0.2, -0.15) is 0 Å². The molecule has 2 aromatic carbocycles. The maximum atomic E-state index is 6.04. The van der Waals surface area contributed by atoms with Gasteiger partial charge in [0.25, 0.3) is 0 Å². The van der Waals surface area contributed by atoms with Crippen molar-refractivity contribution in [2.45, 2.75) is 5.88 Å². The second-order valence-electron chi connectivity index (χ2n) is 4.23.